The van der Waals surface area contributed by atoms with Crippen LogP contribution in [0.15, 0.2) is 30.5 Å². The monoisotopic (exact) mass is 228 g/mol. The molecule has 0 spiro atoms. The number of H-pyrrole nitrogens is 1. The van der Waals surface area contributed by atoms with Crippen molar-refractivity contribution < 1.29 is 4.39 Å². The van der Waals surface area contributed by atoms with Crippen molar-refractivity contribution in [3.8, 4) is 11.4 Å². The topological polar surface area (TPSA) is 54.5 Å². The Bertz CT molecular complexity index is 690. The van der Waals surface area contributed by atoms with Crippen molar-refractivity contribution in [3.63, 3.8) is 0 Å². The van der Waals surface area contributed by atoms with Gasteiger partial charge in [-0.25, -0.2) is 14.4 Å². The van der Waals surface area contributed by atoms with E-state index in [9.17, 15) is 4.39 Å². The number of fused-ring (bicyclic) bond motifs is 1. The van der Waals surface area contributed by atoms with Crippen molar-refractivity contribution in [2.24, 2.45) is 0 Å². The zero-order valence-corrected chi connectivity index (χ0v) is 9.11. The molecule has 2 heterocycles. The summed E-state index contributed by atoms with van der Waals surface area (Å²) in [6, 6.07) is 6.19. The van der Waals surface area contributed by atoms with Gasteiger partial charge < -0.3 is 0 Å². The van der Waals surface area contributed by atoms with E-state index in [-0.39, 0.29) is 5.82 Å². The summed E-state index contributed by atoms with van der Waals surface area (Å²) in [5, 5.41) is 7.78. The number of benzene rings is 1. The maximum atomic E-state index is 13.1. The number of hydrogen-bond donors (Lipinski definition) is 1. The highest BCUT2D eigenvalue weighted by Gasteiger charge is 2.07. The molecule has 84 valence electrons. The number of halogens is 1. The van der Waals surface area contributed by atoms with Crippen LogP contribution in [-0.4, -0.2) is 20.2 Å². The zero-order chi connectivity index (χ0) is 11.8. The lowest BCUT2D eigenvalue weighted by molar-refractivity contribution is 0.628. The van der Waals surface area contributed by atoms with E-state index in [1.54, 1.807) is 18.3 Å². The lowest BCUT2D eigenvalue weighted by Crippen LogP contribution is -1.90. The van der Waals surface area contributed by atoms with Crippen molar-refractivity contribution in [2.75, 3.05) is 0 Å². The second-order valence-corrected chi connectivity index (χ2v) is 3.79. The molecule has 0 aliphatic heterocycles. The molecular formula is C12H9FN4. The van der Waals surface area contributed by atoms with E-state index in [0.717, 1.165) is 11.1 Å². The second kappa shape index (κ2) is 3.62. The quantitative estimate of drug-likeness (QED) is 0.696. The molecule has 0 unspecified atom stereocenters. The van der Waals surface area contributed by atoms with Crippen LogP contribution >= 0.6 is 0 Å². The van der Waals surface area contributed by atoms with Crippen LogP contribution in [0, 0.1) is 12.7 Å². The first kappa shape index (κ1) is 9.89. The molecule has 0 saturated carbocycles. The summed E-state index contributed by atoms with van der Waals surface area (Å²) < 4.78 is 13.1. The molecule has 4 nitrogen and oxygen atoms in total. The van der Waals surface area contributed by atoms with Gasteiger partial charge in [0.15, 0.2) is 11.5 Å². The summed E-state index contributed by atoms with van der Waals surface area (Å²) in [4.78, 5) is 8.50. The Labute approximate surface area is 96.5 Å². The van der Waals surface area contributed by atoms with Gasteiger partial charge in [0.1, 0.15) is 5.82 Å². The van der Waals surface area contributed by atoms with E-state index in [4.69, 9.17) is 0 Å². The first-order valence-corrected chi connectivity index (χ1v) is 5.18. The van der Waals surface area contributed by atoms with Gasteiger partial charge in [-0.15, -0.1) is 0 Å². The fourth-order valence-electron chi connectivity index (χ4n) is 1.69. The van der Waals surface area contributed by atoms with E-state index in [2.05, 4.69) is 20.2 Å². The van der Waals surface area contributed by atoms with Gasteiger partial charge in [0.2, 0.25) is 0 Å². The number of aromatic amines is 1. The molecule has 0 aliphatic carbocycles. The third-order valence-corrected chi connectivity index (χ3v) is 2.58. The minimum absolute atomic E-state index is 0.301. The molecule has 17 heavy (non-hydrogen) atoms. The molecule has 5 heteroatoms. The smallest absolute Gasteiger partial charge is 0.184 e. The van der Waals surface area contributed by atoms with E-state index >= 15 is 0 Å². The molecule has 0 radical (unpaired) electrons. The number of rotatable bonds is 1. The van der Waals surface area contributed by atoms with Crippen LogP contribution in [0.4, 0.5) is 4.39 Å². The average molecular weight is 228 g/mol. The van der Waals surface area contributed by atoms with Crippen LogP contribution in [0.1, 0.15) is 5.69 Å². The Morgan fingerprint density at radius 3 is 3.00 bits per heavy atom. The highest BCUT2D eigenvalue weighted by molar-refractivity contribution is 5.78. The van der Waals surface area contributed by atoms with Crippen LogP contribution in [0.25, 0.3) is 22.4 Å². The average Bonchev–Trinajstić information content (AvgIpc) is 2.71. The van der Waals surface area contributed by atoms with Gasteiger partial charge in [-0.2, -0.15) is 5.10 Å². The number of nitrogens with zero attached hydrogens (tertiary/aromatic N) is 3. The maximum Gasteiger partial charge on any atom is 0.184 e. The highest BCUT2D eigenvalue weighted by atomic mass is 19.1. The molecule has 3 aromatic rings. The molecule has 3 rings (SSSR count). The first-order valence-electron chi connectivity index (χ1n) is 5.18. The van der Waals surface area contributed by atoms with Crippen LogP contribution in [-0.2, 0) is 0 Å². The number of hydrogen-bond acceptors (Lipinski definition) is 3. The maximum absolute atomic E-state index is 13.1. The summed E-state index contributed by atoms with van der Waals surface area (Å²) in [6.07, 6.45) is 1.70. The predicted molar refractivity (Wildman–Crippen MR) is 61.8 cm³/mol. The fourth-order valence-corrected chi connectivity index (χ4v) is 1.69. The van der Waals surface area contributed by atoms with Crippen LogP contribution in [0.5, 0.6) is 0 Å². The van der Waals surface area contributed by atoms with Crippen LogP contribution in [0.2, 0.25) is 0 Å². The highest BCUT2D eigenvalue weighted by Crippen LogP contribution is 2.19. The van der Waals surface area contributed by atoms with Gasteiger partial charge in [0, 0.05) is 17.5 Å². The largest absolute Gasteiger partial charge is 0.280 e. The summed E-state index contributed by atoms with van der Waals surface area (Å²) in [5.74, 6) is 0.174. The van der Waals surface area contributed by atoms with Crippen LogP contribution in [0.3, 0.4) is 0 Å². The molecular weight excluding hydrogens is 219 g/mol. The Kier molecular flexibility index (Phi) is 2.11. The van der Waals surface area contributed by atoms with E-state index < -0.39 is 0 Å². The fraction of sp³-hybridized carbons (Fsp3) is 0.0833. The van der Waals surface area contributed by atoms with E-state index in [1.165, 1.54) is 12.1 Å². The summed E-state index contributed by atoms with van der Waals surface area (Å²) in [7, 11) is 0. The third-order valence-electron chi connectivity index (χ3n) is 2.58. The molecule has 0 aliphatic rings. The van der Waals surface area contributed by atoms with Crippen LogP contribution < -0.4 is 0 Å². The van der Waals surface area contributed by atoms with Crippen molar-refractivity contribution >= 4 is 11.0 Å². The Hall–Kier alpha value is -2.30. The van der Waals surface area contributed by atoms with Gasteiger partial charge in [0.25, 0.3) is 0 Å². The molecule has 2 aromatic heterocycles. The molecule has 1 N–H and O–H groups in total. The number of aromatic nitrogens is 4. The standard InChI is InChI=1S/C12H9FN4/c1-7-10-6-14-11(15-12(10)17-16-7)8-3-2-4-9(13)5-8/h2-6H,1H3,(H,14,15,16,17). The minimum Gasteiger partial charge on any atom is -0.280 e. The van der Waals surface area contributed by atoms with Crippen molar-refractivity contribution in [3.05, 3.63) is 42.0 Å². The lowest BCUT2D eigenvalue weighted by atomic mass is 10.2. The van der Waals surface area contributed by atoms with Crippen molar-refractivity contribution in [1.82, 2.24) is 20.2 Å². The first-order chi connectivity index (χ1) is 8.24. The number of aryl methyl sites for hydroxylation is 1. The van der Waals surface area contributed by atoms with Crippen molar-refractivity contribution in [2.45, 2.75) is 6.92 Å². The van der Waals surface area contributed by atoms with Gasteiger partial charge >= 0.3 is 0 Å². The van der Waals surface area contributed by atoms with Gasteiger partial charge in [-0.05, 0) is 19.1 Å². The summed E-state index contributed by atoms with van der Waals surface area (Å²) in [6.45, 7) is 1.90. The zero-order valence-electron chi connectivity index (χ0n) is 9.11. The Morgan fingerprint density at radius 1 is 1.29 bits per heavy atom. The molecule has 0 amide bonds. The molecule has 0 atom stereocenters. The third kappa shape index (κ3) is 1.65. The van der Waals surface area contributed by atoms with Gasteiger partial charge in [-0.3, -0.25) is 5.10 Å². The summed E-state index contributed by atoms with van der Waals surface area (Å²) >= 11 is 0. The summed E-state index contributed by atoms with van der Waals surface area (Å²) in [5.41, 5.74) is 2.16. The lowest BCUT2D eigenvalue weighted by Gasteiger charge is -1.99. The predicted octanol–water partition coefficient (Wildman–Crippen LogP) is 2.47. The Balaban J connectivity index is 2.18. The molecule has 0 bridgehead atoms. The van der Waals surface area contributed by atoms with E-state index in [0.29, 0.717) is 17.0 Å². The minimum atomic E-state index is -0.301. The molecule has 0 saturated heterocycles. The second-order valence-electron chi connectivity index (χ2n) is 3.79. The normalized spacial score (nSPS) is 10.9. The SMILES string of the molecule is Cc1[nH]nc2nc(-c3cccc(F)c3)ncc12. The van der Waals surface area contributed by atoms with Crippen molar-refractivity contribution in [1.29, 1.82) is 0 Å². The van der Waals surface area contributed by atoms with E-state index in [1.807, 2.05) is 6.92 Å². The van der Waals surface area contributed by atoms with Gasteiger partial charge in [0.05, 0.1) is 5.39 Å². The molecule has 1 aromatic carbocycles. The number of nitrogens with one attached hydrogen (secondary N) is 1. The van der Waals surface area contributed by atoms with Gasteiger partial charge in [-0.1, -0.05) is 12.1 Å². The molecule has 0 fully saturated rings. The Morgan fingerprint density at radius 2 is 2.18 bits per heavy atom.